The Balaban J connectivity index is 2.00. The quantitative estimate of drug-likeness (QED) is 0.588. The van der Waals surface area contributed by atoms with E-state index in [2.05, 4.69) is 10.3 Å². The summed E-state index contributed by atoms with van der Waals surface area (Å²) in [6.45, 7) is 10.5. The lowest BCUT2D eigenvalue weighted by Crippen LogP contribution is -2.24. The summed E-state index contributed by atoms with van der Waals surface area (Å²) in [5.74, 6) is 2.01. The van der Waals surface area contributed by atoms with Gasteiger partial charge in [-0.2, -0.15) is 0 Å². The molecule has 0 fully saturated rings. The number of nitrogens with two attached hydrogens (primary N) is 1. The molecule has 5 nitrogen and oxygen atoms in total. The van der Waals surface area contributed by atoms with E-state index in [1.807, 2.05) is 83.1 Å². The zero-order valence-electron chi connectivity index (χ0n) is 16.2. The van der Waals surface area contributed by atoms with Gasteiger partial charge >= 0.3 is 0 Å². The van der Waals surface area contributed by atoms with Crippen molar-refractivity contribution in [2.75, 3.05) is 5.32 Å². The molecule has 0 saturated heterocycles. The molecule has 0 spiro atoms. The van der Waals surface area contributed by atoms with Gasteiger partial charge in [0.15, 0.2) is 5.96 Å². The molecule has 0 amide bonds. The topological polar surface area (TPSA) is 68.9 Å². The first-order chi connectivity index (χ1) is 12.2. The zero-order chi connectivity index (χ0) is 19.2. The van der Waals surface area contributed by atoms with Crippen LogP contribution in [-0.2, 0) is 6.54 Å². The molecular weight excluding hydrogens is 326 g/mol. The average molecular weight is 355 g/mol. The Morgan fingerprint density at radius 2 is 1.73 bits per heavy atom. The summed E-state index contributed by atoms with van der Waals surface area (Å²) < 4.78 is 11.6. The number of guanidine groups is 1. The van der Waals surface area contributed by atoms with Crippen LogP contribution in [0.3, 0.4) is 0 Å². The first-order valence-electron chi connectivity index (χ1n) is 8.83. The van der Waals surface area contributed by atoms with Crippen LogP contribution in [0.25, 0.3) is 0 Å². The third-order valence-corrected chi connectivity index (χ3v) is 3.31. The average Bonchev–Trinajstić information content (AvgIpc) is 2.54. The third-order valence-electron chi connectivity index (χ3n) is 3.31. The molecule has 0 saturated carbocycles. The normalized spacial score (nSPS) is 12.2. The zero-order valence-corrected chi connectivity index (χ0v) is 16.2. The van der Waals surface area contributed by atoms with E-state index in [0.717, 1.165) is 22.7 Å². The van der Waals surface area contributed by atoms with Gasteiger partial charge in [-0.25, -0.2) is 4.99 Å². The number of benzene rings is 2. The van der Waals surface area contributed by atoms with E-state index in [-0.39, 0.29) is 11.7 Å². The highest BCUT2D eigenvalue weighted by molar-refractivity contribution is 5.92. The molecule has 0 aliphatic carbocycles. The van der Waals surface area contributed by atoms with E-state index in [1.54, 1.807) is 0 Å². The Morgan fingerprint density at radius 3 is 2.35 bits per heavy atom. The molecule has 3 N–H and O–H groups in total. The van der Waals surface area contributed by atoms with Crippen LogP contribution < -0.4 is 20.5 Å². The Morgan fingerprint density at radius 1 is 1.08 bits per heavy atom. The maximum Gasteiger partial charge on any atom is 0.193 e. The first-order valence-corrected chi connectivity index (χ1v) is 8.83. The second kappa shape index (κ2) is 8.61. The van der Waals surface area contributed by atoms with Gasteiger partial charge in [-0.1, -0.05) is 18.2 Å². The molecule has 0 heterocycles. The minimum Gasteiger partial charge on any atom is -0.491 e. The maximum atomic E-state index is 6.02. The van der Waals surface area contributed by atoms with Crippen LogP contribution in [-0.4, -0.2) is 17.7 Å². The molecule has 0 aliphatic heterocycles. The van der Waals surface area contributed by atoms with Crippen LogP contribution in [0.2, 0.25) is 0 Å². The van der Waals surface area contributed by atoms with Crippen molar-refractivity contribution in [3.8, 4) is 11.5 Å². The first kappa shape index (κ1) is 19.6. The van der Waals surface area contributed by atoms with E-state index >= 15 is 0 Å². The van der Waals surface area contributed by atoms with Crippen LogP contribution in [0, 0.1) is 0 Å². The van der Waals surface area contributed by atoms with Gasteiger partial charge in [0, 0.05) is 11.3 Å². The number of hydrogen-bond acceptors (Lipinski definition) is 3. The summed E-state index contributed by atoms with van der Waals surface area (Å²) >= 11 is 0. The summed E-state index contributed by atoms with van der Waals surface area (Å²) in [4.78, 5) is 4.42. The highest BCUT2D eigenvalue weighted by Gasteiger charge is 2.14. The summed E-state index contributed by atoms with van der Waals surface area (Å²) in [6, 6.07) is 15.5. The van der Waals surface area contributed by atoms with Crippen molar-refractivity contribution in [1.82, 2.24) is 0 Å². The van der Waals surface area contributed by atoms with Gasteiger partial charge in [-0.15, -0.1) is 0 Å². The van der Waals surface area contributed by atoms with Crippen LogP contribution in [0.5, 0.6) is 11.5 Å². The number of anilines is 1. The Kier molecular flexibility index (Phi) is 6.50. The number of ether oxygens (including phenoxy) is 2. The van der Waals surface area contributed by atoms with Gasteiger partial charge in [0.05, 0.1) is 12.6 Å². The number of para-hydroxylation sites is 1. The Bertz CT molecular complexity index is 732. The smallest absolute Gasteiger partial charge is 0.193 e. The van der Waals surface area contributed by atoms with E-state index < -0.39 is 0 Å². The van der Waals surface area contributed by atoms with Crippen molar-refractivity contribution in [2.45, 2.75) is 52.9 Å². The highest BCUT2D eigenvalue weighted by Crippen LogP contribution is 2.23. The second-order valence-corrected chi connectivity index (χ2v) is 7.34. The standard InChI is InChI=1S/C21H29N3O2/c1-15(2)25-18-12-10-17(11-13-18)24-20(22)23-14-16-8-6-7-9-19(16)26-21(3,4)5/h6-13,15H,14H2,1-5H3,(H3,22,23,24). The van der Waals surface area contributed by atoms with Gasteiger partial charge < -0.3 is 20.5 Å². The van der Waals surface area contributed by atoms with E-state index in [4.69, 9.17) is 15.2 Å². The Hall–Kier alpha value is -2.69. The fourth-order valence-electron chi connectivity index (χ4n) is 2.31. The largest absolute Gasteiger partial charge is 0.491 e. The molecular formula is C21H29N3O2. The minimum atomic E-state index is -0.261. The maximum absolute atomic E-state index is 6.02. The van der Waals surface area contributed by atoms with Crippen LogP contribution in [0.4, 0.5) is 5.69 Å². The summed E-state index contributed by atoms with van der Waals surface area (Å²) in [5, 5.41) is 3.09. The van der Waals surface area contributed by atoms with Crippen molar-refractivity contribution >= 4 is 11.6 Å². The molecule has 0 aliphatic rings. The van der Waals surface area contributed by atoms with Crippen molar-refractivity contribution in [3.63, 3.8) is 0 Å². The SMILES string of the molecule is CC(C)Oc1ccc(NC(N)=NCc2ccccc2OC(C)(C)C)cc1. The molecule has 5 heteroatoms. The predicted octanol–water partition coefficient (Wildman–Crippen LogP) is 4.58. The van der Waals surface area contributed by atoms with E-state index in [1.165, 1.54) is 0 Å². The molecule has 2 aromatic carbocycles. The number of aliphatic imine (C=N–C) groups is 1. The molecule has 26 heavy (non-hydrogen) atoms. The van der Waals surface area contributed by atoms with Gasteiger partial charge in [-0.05, 0) is 65.0 Å². The van der Waals surface area contributed by atoms with Crippen LogP contribution >= 0.6 is 0 Å². The lowest BCUT2D eigenvalue weighted by atomic mass is 10.1. The van der Waals surface area contributed by atoms with E-state index in [0.29, 0.717) is 12.5 Å². The predicted molar refractivity (Wildman–Crippen MR) is 108 cm³/mol. The van der Waals surface area contributed by atoms with Crippen LogP contribution in [0.15, 0.2) is 53.5 Å². The summed E-state index contributed by atoms with van der Waals surface area (Å²) in [5.41, 5.74) is 7.61. The Labute approximate surface area is 156 Å². The molecule has 0 aromatic heterocycles. The van der Waals surface area contributed by atoms with Gasteiger partial charge in [0.2, 0.25) is 0 Å². The molecule has 0 atom stereocenters. The molecule has 2 aromatic rings. The van der Waals surface area contributed by atoms with Crippen molar-refractivity contribution in [1.29, 1.82) is 0 Å². The van der Waals surface area contributed by atoms with Crippen molar-refractivity contribution < 1.29 is 9.47 Å². The molecule has 0 bridgehead atoms. The molecule has 2 rings (SSSR count). The monoisotopic (exact) mass is 355 g/mol. The molecule has 0 unspecified atom stereocenters. The third kappa shape index (κ3) is 6.67. The fraction of sp³-hybridized carbons (Fsp3) is 0.381. The minimum absolute atomic E-state index is 0.149. The number of nitrogens with one attached hydrogen (secondary N) is 1. The molecule has 140 valence electrons. The van der Waals surface area contributed by atoms with Gasteiger partial charge in [0.25, 0.3) is 0 Å². The van der Waals surface area contributed by atoms with Crippen molar-refractivity contribution in [2.24, 2.45) is 10.7 Å². The van der Waals surface area contributed by atoms with Gasteiger partial charge in [0.1, 0.15) is 17.1 Å². The number of hydrogen-bond donors (Lipinski definition) is 2. The highest BCUT2D eigenvalue weighted by atomic mass is 16.5. The molecule has 0 radical (unpaired) electrons. The summed E-state index contributed by atoms with van der Waals surface area (Å²) in [7, 11) is 0. The van der Waals surface area contributed by atoms with Gasteiger partial charge in [-0.3, -0.25) is 0 Å². The van der Waals surface area contributed by atoms with Crippen molar-refractivity contribution in [3.05, 3.63) is 54.1 Å². The number of rotatable bonds is 6. The number of nitrogens with zero attached hydrogens (tertiary/aromatic N) is 1. The fourth-order valence-corrected chi connectivity index (χ4v) is 2.31. The summed E-state index contributed by atoms with van der Waals surface area (Å²) in [6.07, 6.45) is 0.149. The van der Waals surface area contributed by atoms with E-state index in [9.17, 15) is 0 Å². The lowest BCUT2D eigenvalue weighted by Gasteiger charge is -2.23. The lowest BCUT2D eigenvalue weighted by molar-refractivity contribution is 0.129. The van der Waals surface area contributed by atoms with Crippen LogP contribution in [0.1, 0.15) is 40.2 Å². The second-order valence-electron chi connectivity index (χ2n) is 7.34.